The topological polar surface area (TPSA) is 41.5 Å². The minimum atomic E-state index is -0.140. The summed E-state index contributed by atoms with van der Waals surface area (Å²) in [5.74, 6) is 0. The number of hydrogen-bond donors (Lipinski definition) is 2. The van der Waals surface area contributed by atoms with Gasteiger partial charge in [0.2, 0.25) is 0 Å². The smallest absolute Gasteiger partial charge is 0.0831 e. The van der Waals surface area contributed by atoms with Gasteiger partial charge in [-0.2, -0.15) is 0 Å². The van der Waals surface area contributed by atoms with E-state index in [1.807, 2.05) is 0 Å². The zero-order chi connectivity index (χ0) is 8.44. The zero-order valence-corrected chi connectivity index (χ0v) is 7.38. The molecule has 12 heavy (non-hydrogen) atoms. The summed E-state index contributed by atoms with van der Waals surface area (Å²) in [6.45, 7) is 2.74. The van der Waals surface area contributed by atoms with E-state index in [-0.39, 0.29) is 11.7 Å². The van der Waals surface area contributed by atoms with Gasteiger partial charge in [0.05, 0.1) is 11.7 Å². The Balaban J connectivity index is 1.97. The quantitative estimate of drug-likeness (QED) is 0.550. The standard InChI is InChI=1S/C9H17NO2/c11-8-2-5-12-9(6-8)3-1-4-10-7-9/h8,10-11H,1-7H2/t8-,9-/m1/s1. The van der Waals surface area contributed by atoms with Crippen LogP contribution < -0.4 is 5.32 Å². The lowest BCUT2D eigenvalue weighted by Crippen LogP contribution is -2.52. The molecule has 2 atom stereocenters. The van der Waals surface area contributed by atoms with Crippen molar-refractivity contribution in [3.05, 3.63) is 0 Å². The molecule has 70 valence electrons. The molecule has 0 unspecified atom stereocenters. The van der Waals surface area contributed by atoms with E-state index in [4.69, 9.17) is 4.74 Å². The molecule has 2 fully saturated rings. The Morgan fingerprint density at radius 3 is 3.08 bits per heavy atom. The van der Waals surface area contributed by atoms with E-state index in [1.54, 1.807) is 0 Å². The van der Waals surface area contributed by atoms with Crippen molar-refractivity contribution in [2.45, 2.75) is 37.4 Å². The van der Waals surface area contributed by atoms with Crippen LogP contribution >= 0.6 is 0 Å². The zero-order valence-electron chi connectivity index (χ0n) is 7.38. The second-order valence-corrected chi connectivity index (χ2v) is 3.96. The van der Waals surface area contributed by atoms with E-state index in [9.17, 15) is 5.11 Å². The first-order chi connectivity index (χ1) is 5.81. The molecule has 0 amide bonds. The summed E-state index contributed by atoms with van der Waals surface area (Å²) in [6, 6.07) is 0. The Hall–Kier alpha value is -0.120. The number of aliphatic hydroxyl groups excluding tert-OH is 1. The average Bonchev–Trinajstić information content (AvgIpc) is 2.05. The average molecular weight is 171 g/mol. The highest BCUT2D eigenvalue weighted by Crippen LogP contribution is 2.30. The van der Waals surface area contributed by atoms with Gasteiger partial charge in [-0.15, -0.1) is 0 Å². The molecule has 2 aliphatic rings. The van der Waals surface area contributed by atoms with Crippen LogP contribution in [-0.4, -0.2) is 36.5 Å². The molecule has 0 bridgehead atoms. The molecule has 0 aliphatic carbocycles. The largest absolute Gasteiger partial charge is 0.393 e. The Kier molecular flexibility index (Phi) is 2.35. The summed E-state index contributed by atoms with van der Waals surface area (Å²) < 4.78 is 5.75. The van der Waals surface area contributed by atoms with Crippen molar-refractivity contribution in [2.75, 3.05) is 19.7 Å². The van der Waals surface area contributed by atoms with Gasteiger partial charge in [-0.1, -0.05) is 0 Å². The van der Waals surface area contributed by atoms with E-state index in [0.29, 0.717) is 0 Å². The highest BCUT2D eigenvalue weighted by atomic mass is 16.5. The third-order valence-corrected chi connectivity index (χ3v) is 2.90. The van der Waals surface area contributed by atoms with Crippen molar-refractivity contribution in [3.8, 4) is 0 Å². The molecule has 2 saturated heterocycles. The molecule has 0 radical (unpaired) electrons. The van der Waals surface area contributed by atoms with Crippen LogP contribution in [0.5, 0.6) is 0 Å². The first kappa shape index (κ1) is 8.48. The maximum absolute atomic E-state index is 9.52. The lowest BCUT2D eigenvalue weighted by atomic mass is 9.85. The van der Waals surface area contributed by atoms with E-state index in [2.05, 4.69) is 5.32 Å². The van der Waals surface area contributed by atoms with Crippen molar-refractivity contribution in [3.63, 3.8) is 0 Å². The fourth-order valence-electron chi connectivity index (χ4n) is 2.24. The first-order valence-electron chi connectivity index (χ1n) is 4.84. The van der Waals surface area contributed by atoms with Gasteiger partial charge in [-0.3, -0.25) is 0 Å². The molecular weight excluding hydrogens is 154 g/mol. The normalized spacial score (nSPS) is 43.2. The maximum atomic E-state index is 9.52. The molecular formula is C9H17NO2. The number of ether oxygens (including phenoxy) is 1. The lowest BCUT2D eigenvalue weighted by molar-refractivity contribution is -0.127. The van der Waals surface area contributed by atoms with E-state index < -0.39 is 0 Å². The van der Waals surface area contributed by atoms with Crippen LogP contribution in [0.25, 0.3) is 0 Å². The van der Waals surface area contributed by atoms with Crippen LogP contribution in [0, 0.1) is 0 Å². The van der Waals surface area contributed by atoms with Gasteiger partial charge in [0.15, 0.2) is 0 Å². The van der Waals surface area contributed by atoms with E-state index in [1.165, 1.54) is 6.42 Å². The number of aliphatic hydroxyl groups is 1. The third kappa shape index (κ3) is 1.63. The summed E-state index contributed by atoms with van der Waals surface area (Å²) in [5, 5.41) is 12.8. The SMILES string of the molecule is O[C@@H]1CCO[C@]2(CCCNC2)C1. The Morgan fingerprint density at radius 2 is 2.42 bits per heavy atom. The fourth-order valence-corrected chi connectivity index (χ4v) is 2.24. The van der Waals surface area contributed by atoms with Crippen molar-refractivity contribution < 1.29 is 9.84 Å². The van der Waals surface area contributed by atoms with Gasteiger partial charge >= 0.3 is 0 Å². The second kappa shape index (κ2) is 3.32. The third-order valence-electron chi connectivity index (χ3n) is 2.90. The Labute approximate surface area is 73.1 Å². The minimum Gasteiger partial charge on any atom is -0.393 e. The molecule has 2 N–H and O–H groups in total. The van der Waals surface area contributed by atoms with Gasteiger partial charge in [0.1, 0.15) is 0 Å². The minimum absolute atomic E-state index is 0.0318. The molecule has 2 heterocycles. The molecule has 2 rings (SSSR count). The first-order valence-corrected chi connectivity index (χ1v) is 4.84. The van der Waals surface area contributed by atoms with Crippen molar-refractivity contribution in [1.82, 2.24) is 5.32 Å². The summed E-state index contributed by atoms with van der Waals surface area (Å²) >= 11 is 0. The molecule has 3 nitrogen and oxygen atoms in total. The predicted molar refractivity (Wildman–Crippen MR) is 46.0 cm³/mol. The molecule has 0 saturated carbocycles. The highest BCUT2D eigenvalue weighted by molar-refractivity contribution is 4.91. The molecule has 3 heteroatoms. The van der Waals surface area contributed by atoms with Crippen molar-refractivity contribution >= 4 is 0 Å². The molecule has 2 aliphatic heterocycles. The number of piperidine rings is 1. The summed E-state index contributed by atoms with van der Waals surface area (Å²) in [6.07, 6.45) is 3.77. The predicted octanol–water partition coefficient (Wildman–Crippen LogP) is 0.280. The van der Waals surface area contributed by atoms with Gasteiger partial charge in [0, 0.05) is 19.6 Å². The monoisotopic (exact) mass is 171 g/mol. The highest BCUT2D eigenvalue weighted by Gasteiger charge is 2.37. The van der Waals surface area contributed by atoms with Crippen LogP contribution in [0.15, 0.2) is 0 Å². The van der Waals surface area contributed by atoms with Crippen molar-refractivity contribution in [1.29, 1.82) is 0 Å². The van der Waals surface area contributed by atoms with Gasteiger partial charge in [0.25, 0.3) is 0 Å². The number of nitrogens with one attached hydrogen (secondary N) is 1. The van der Waals surface area contributed by atoms with Crippen molar-refractivity contribution in [2.24, 2.45) is 0 Å². The van der Waals surface area contributed by atoms with Gasteiger partial charge < -0.3 is 15.2 Å². The summed E-state index contributed by atoms with van der Waals surface area (Å²) in [4.78, 5) is 0. The number of rotatable bonds is 0. The molecule has 0 aromatic rings. The van der Waals surface area contributed by atoms with Gasteiger partial charge in [-0.25, -0.2) is 0 Å². The maximum Gasteiger partial charge on any atom is 0.0831 e. The van der Waals surface area contributed by atoms with Crippen LogP contribution in [0.2, 0.25) is 0 Å². The van der Waals surface area contributed by atoms with Crippen LogP contribution in [0.4, 0.5) is 0 Å². The molecule has 0 aromatic heterocycles. The Bertz CT molecular complexity index is 149. The number of hydrogen-bond acceptors (Lipinski definition) is 3. The Morgan fingerprint density at radius 1 is 1.50 bits per heavy atom. The lowest BCUT2D eigenvalue weighted by Gasteiger charge is -2.42. The van der Waals surface area contributed by atoms with Crippen LogP contribution in [0.1, 0.15) is 25.7 Å². The van der Waals surface area contributed by atoms with E-state index >= 15 is 0 Å². The van der Waals surface area contributed by atoms with Crippen LogP contribution in [-0.2, 0) is 4.74 Å². The summed E-state index contributed by atoms with van der Waals surface area (Å²) in [5.41, 5.74) is -0.0318. The molecule has 0 aromatic carbocycles. The molecule has 1 spiro atoms. The second-order valence-electron chi connectivity index (χ2n) is 3.96. The summed E-state index contributed by atoms with van der Waals surface area (Å²) in [7, 11) is 0. The van der Waals surface area contributed by atoms with E-state index in [0.717, 1.165) is 39.0 Å². The van der Waals surface area contributed by atoms with Gasteiger partial charge in [-0.05, 0) is 25.8 Å². The van der Waals surface area contributed by atoms with Crippen LogP contribution in [0.3, 0.4) is 0 Å². The fraction of sp³-hybridized carbons (Fsp3) is 1.00.